The van der Waals surface area contributed by atoms with Gasteiger partial charge in [-0.1, -0.05) is 19.3 Å². The molecule has 1 saturated heterocycles. The molecule has 5 nitrogen and oxygen atoms in total. The molecule has 1 saturated carbocycles. The maximum absolute atomic E-state index is 14.3. The number of amides is 1. The summed E-state index contributed by atoms with van der Waals surface area (Å²) in [5.74, 6) is -0.767. The Kier molecular flexibility index (Phi) is 3.56. The second-order valence-electron chi connectivity index (χ2n) is 6.57. The van der Waals surface area contributed by atoms with Gasteiger partial charge in [0.15, 0.2) is 0 Å². The van der Waals surface area contributed by atoms with Crippen molar-refractivity contribution in [2.75, 3.05) is 19.7 Å². The highest BCUT2D eigenvalue weighted by molar-refractivity contribution is 5.97. The fourth-order valence-corrected chi connectivity index (χ4v) is 3.81. The predicted octanol–water partition coefficient (Wildman–Crippen LogP) is 2.88. The summed E-state index contributed by atoms with van der Waals surface area (Å²) in [6.45, 7) is 1.60. The normalized spacial score (nSPS) is 21.0. The molecule has 2 aromatic rings. The number of H-pyrrole nitrogens is 1. The second-order valence-corrected chi connectivity index (χ2v) is 6.57. The maximum Gasteiger partial charge on any atom is 0.257 e. The minimum atomic E-state index is -0.504. The fraction of sp³-hybridized carbons (Fsp3) is 0.529. The molecule has 0 radical (unpaired) electrons. The predicted molar refractivity (Wildman–Crippen MR) is 83.7 cm³/mol. The molecular formula is C17H20FN3O2. The third-order valence-corrected chi connectivity index (χ3v) is 5.04. The van der Waals surface area contributed by atoms with E-state index in [0.29, 0.717) is 30.7 Å². The van der Waals surface area contributed by atoms with Gasteiger partial charge >= 0.3 is 0 Å². The number of fused-ring (bicyclic) bond motifs is 1. The Balaban J connectivity index is 1.60. The van der Waals surface area contributed by atoms with Crippen LogP contribution >= 0.6 is 0 Å². The lowest BCUT2D eigenvalue weighted by Gasteiger charge is -2.45. The summed E-state index contributed by atoms with van der Waals surface area (Å²) < 4.78 is 20.3. The molecule has 2 aliphatic rings. The number of rotatable bonds is 1. The maximum atomic E-state index is 14.3. The van der Waals surface area contributed by atoms with Crippen LogP contribution in [0.4, 0.5) is 4.39 Å². The molecule has 1 aliphatic carbocycles. The Morgan fingerprint density at radius 1 is 1.30 bits per heavy atom. The zero-order valence-electron chi connectivity index (χ0n) is 13.0. The van der Waals surface area contributed by atoms with Gasteiger partial charge in [0.25, 0.3) is 5.91 Å². The number of nitrogens with one attached hydrogen (secondary N) is 1. The van der Waals surface area contributed by atoms with Gasteiger partial charge in [-0.05, 0) is 18.9 Å². The van der Waals surface area contributed by atoms with E-state index in [-0.39, 0.29) is 17.1 Å². The van der Waals surface area contributed by atoms with Crippen LogP contribution in [0, 0.1) is 5.82 Å². The number of morpholine rings is 1. The monoisotopic (exact) mass is 317 g/mol. The van der Waals surface area contributed by atoms with Gasteiger partial charge in [0.05, 0.1) is 41.7 Å². The molecule has 1 N–H and O–H groups in total. The van der Waals surface area contributed by atoms with Crippen molar-refractivity contribution >= 4 is 16.9 Å². The topological polar surface area (TPSA) is 58.2 Å². The molecule has 1 aromatic carbocycles. The standard InChI is InChI=1S/C17H20FN3O2/c18-13-9-15-14(19-11-20-15)8-12(13)16(22)21-6-7-23-17(10-21)4-2-1-3-5-17/h8-9,11H,1-7,10H2,(H,19,20). The van der Waals surface area contributed by atoms with Gasteiger partial charge in [-0.3, -0.25) is 4.79 Å². The first-order valence-electron chi connectivity index (χ1n) is 8.23. The minimum absolute atomic E-state index is 0.0949. The van der Waals surface area contributed by atoms with Crippen molar-refractivity contribution in [3.8, 4) is 0 Å². The summed E-state index contributed by atoms with van der Waals surface area (Å²) in [6.07, 6.45) is 6.97. The van der Waals surface area contributed by atoms with Crippen LogP contribution in [0.25, 0.3) is 11.0 Å². The molecule has 1 aromatic heterocycles. The van der Waals surface area contributed by atoms with E-state index in [1.807, 2.05) is 0 Å². The molecule has 2 heterocycles. The number of imidazole rings is 1. The van der Waals surface area contributed by atoms with E-state index in [1.165, 1.54) is 24.9 Å². The Hall–Kier alpha value is -1.95. The van der Waals surface area contributed by atoms with E-state index in [4.69, 9.17) is 4.74 Å². The molecule has 0 atom stereocenters. The molecule has 0 unspecified atom stereocenters. The number of hydrogen-bond acceptors (Lipinski definition) is 3. The van der Waals surface area contributed by atoms with E-state index < -0.39 is 5.82 Å². The number of nitrogens with zero attached hydrogens (tertiary/aromatic N) is 2. The lowest BCUT2D eigenvalue weighted by molar-refractivity contribution is -0.117. The molecule has 2 fully saturated rings. The van der Waals surface area contributed by atoms with Crippen LogP contribution in [0.5, 0.6) is 0 Å². The number of aromatic amines is 1. The third kappa shape index (κ3) is 2.61. The highest BCUT2D eigenvalue weighted by atomic mass is 19.1. The summed E-state index contributed by atoms with van der Waals surface area (Å²) >= 11 is 0. The van der Waals surface area contributed by atoms with Crippen molar-refractivity contribution in [3.63, 3.8) is 0 Å². The highest BCUT2D eigenvalue weighted by Gasteiger charge is 2.39. The summed E-state index contributed by atoms with van der Waals surface area (Å²) in [4.78, 5) is 21.5. The Bertz CT molecular complexity index is 731. The van der Waals surface area contributed by atoms with Gasteiger partial charge in [-0.25, -0.2) is 9.37 Å². The Morgan fingerprint density at radius 2 is 2.13 bits per heavy atom. The SMILES string of the molecule is O=C(c1cc2nc[nH]c2cc1F)N1CCOC2(CCCCC2)C1. The fourth-order valence-electron chi connectivity index (χ4n) is 3.81. The zero-order valence-corrected chi connectivity index (χ0v) is 13.0. The highest BCUT2D eigenvalue weighted by Crippen LogP contribution is 2.35. The number of hydrogen-bond donors (Lipinski definition) is 1. The Labute approximate surface area is 133 Å². The summed E-state index contributed by atoms with van der Waals surface area (Å²) in [5.41, 5.74) is 1.08. The van der Waals surface area contributed by atoms with E-state index >= 15 is 0 Å². The van der Waals surface area contributed by atoms with E-state index in [9.17, 15) is 9.18 Å². The molecule has 0 bridgehead atoms. The lowest BCUT2D eigenvalue weighted by Crippen LogP contribution is -2.54. The van der Waals surface area contributed by atoms with Crippen molar-refractivity contribution in [2.24, 2.45) is 0 Å². The number of carbonyl (C=O) groups is 1. The summed E-state index contributed by atoms with van der Waals surface area (Å²) in [5, 5.41) is 0. The van der Waals surface area contributed by atoms with E-state index in [2.05, 4.69) is 9.97 Å². The van der Waals surface area contributed by atoms with Crippen molar-refractivity contribution in [3.05, 3.63) is 29.8 Å². The van der Waals surface area contributed by atoms with Gasteiger partial charge < -0.3 is 14.6 Å². The lowest BCUT2D eigenvalue weighted by atomic mass is 9.83. The van der Waals surface area contributed by atoms with Crippen molar-refractivity contribution in [2.45, 2.75) is 37.7 Å². The van der Waals surface area contributed by atoms with E-state index in [0.717, 1.165) is 25.7 Å². The van der Waals surface area contributed by atoms with Crippen LogP contribution in [0.3, 0.4) is 0 Å². The van der Waals surface area contributed by atoms with Gasteiger partial charge in [0.2, 0.25) is 0 Å². The number of ether oxygens (including phenoxy) is 1. The van der Waals surface area contributed by atoms with Crippen molar-refractivity contribution in [1.82, 2.24) is 14.9 Å². The number of halogens is 1. The van der Waals surface area contributed by atoms with Gasteiger partial charge in [0, 0.05) is 12.6 Å². The molecule has 1 aliphatic heterocycles. The van der Waals surface area contributed by atoms with Crippen LogP contribution in [-0.4, -0.2) is 46.1 Å². The number of aromatic nitrogens is 2. The zero-order chi connectivity index (χ0) is 15.9. The molecule has 6 heteroatoms. The van der Waals surface area contributed by atoms with E-state index in [1.54, 1.807) is 4.90 Å². The van der Waals surface area contributed by atoms with Crippen LogP contribution in [0.2, 0.25) is 0 Å². The average Bonchev–Trinajstić information content (AvgIpc) is 3.01. The summed E-state index contributed by atoms with van der Waals surface area (Å²) in [7, 11) is 0. The number of carbonyl (C=O) groups excluding carboxylic acids is 1. The number of benzene rings is 1. The van der Waals surface area contributed by atoms with Crippen molar-refractivity contribution in [1.29, 1.82) is 0 Å². The van der Waals surface area contributed by atoms with Crippen LogP contribution in [-0.2, 0) is 4.74 Å². The molecule has 1 amide bonds. The van der Waals surface area contributed by atoms with Gasteiger partial charge in [-0.2, -0.15) is 0 Å². The van der Waals surface area contributed by atoms with Gasteiger partial charge in [0.1, 0.15) is 5.82 Å². The average molecular weight is 317 g/mol. The third-order valence-electron chi connectivity index (χ3n) is 5.04. The van der Waals surface area contributed by atoms with Crippen molar-refractivity contribution < 1.29 is 13.9 Å². The first-order valence-corrected chi connectivity index (χ1v) is 8.23. The smallest absolute Gasteiger partial charge is 0.257 e. The van der Waals surface area contributed by atoms with Crippen LogP contribution < -0.4 is 0 Å². The van der Waals surface area contributed by atoms with Crippen LogP contribution in [0.15, 0.2) is 18.5 Å². The minimum Gasteiger partial charge on any atom is -0.371 e. The second kappa shape index (κ2) is 5.60. The molecule has 4 rings (SSSR count). The first-order chi connectivity index (χ1) is 11.2. The van der Waals surface area contributed by atoms with Gasteiger partial charge in [-0.15, -0.1) is 0 Å². The molecule has 1 spiro atoms. The summed E-state index contributed by atoms with van der Waals surface area (Å²) in [6, 6.07) is 2.87. The molecule has 122 valence electrons. The van der Waals surface area contributed by atoms with Crippen LogP contribution in [0.1, 0.15) is 42.5 Å². The quantitative estimate of drug-likeness (QED) is 0.880. The largest absolute Gasteiger partial charge is 0.371 e. The Morgan fingerprint density at radius 3 is 2.96 bits per heavy atom. The molecule has 23 heavy (non-hydrogen) atoms. The molecular weight excluding hydrogens is 297 g/mol. The first kappa shape index (κ1) is 14.6.